The number of ether oxygens (including phenoxy) is 3. The highest BCUT2D eigenvalue weighted by molar-refractivity contribution is 5.99. The molecule has 11 nitrogen and oxygen atoms in total. The number of hydrogen-bond acceptors (Lipinski definition) is 9. The Balaban J connectivity index is 1.47. The molecule has 0 radical (unpaired) electrons. The molecule has 2 heterocycles. The monoisotopic (exact) mass is 628 g/mol. The van der Waals surface area contributed by atoms with Crippen LogP contribution in [-0.2, 0) is 15.7 Å². The maximum atomic E-state index is 13.8. The van der Waals surface area contributed by atoms with E-state index in [0.29, 0.717) is 55.0 Å². The zero-order chi connectivity index (χ0) is 32.8. The Labute approximate surface area is 258 Å². The molecule has 0 atom stereocenters. The summed E-state index contributed by atoms with van der Waals surface area (Å²) in [6.07, 6.45) is -2.26. The molecule has 0 unspecified atom stereocenters. The van der Waals surface area contributed by atoms with Gasteiger partial charge in [-0.1, -0.05) is 12.6 Å². The van der Waals surface area contributed by atoms with Gasteiger partial charge in [0, 0.05) is 49.6 Å². The van der Waals surface area contributed by atoms with Gasteiger partial charge in [-0.2, -0.15) is 18.2 Å². The number of nitrogens with zero attached hydrogens (tertiary/aromatic N) is 3. The number of benzene rings is 2. The zero-order valence-electron chi connectivity index (χ0n) is 25.3. The van der Waals surface area contributed by atoms with Gasteiger partial charge in [-0.3, -0.25) is 4.79 Å². The van der Waals surface area contributed by atoms with E-state index in [9.17, 15) is 22.8 Å². The summed E-state index contributed by atoms with van der Waals surface area (Å²) < 4.78 is 58.5. The minimum atomic E-state index is -4.74. The van der Waals surface area contributed by atoms with Crippen molar-refractivity contribution in [1.29, 1.82) is 0 Å². The van der Waals surface area contributed by atoms with Crippen molar-refractivity contribution in [3.8, 4) is 11.5 Å². The molecule has 3 N–H and O–H groups in total. The Morgan fingerprint density at radius 3 is 2.40 bits per heavy atom. The van der Waals surface area contributed by atoms with Crippen molar-refractivity contribution in [2.45, 2.75) is 51.5 Å². The molecular weight excluding hydrogens is 593 g/mol. The number of rotatable bonds is 9. The maximum Gasteiger partial charge on any atom is 0.421 e. The van der Waals surface area contributed by atoms with Gasteiger partial charge in [0.05, 0.1) is 12.8 Å². The average molecular weight is 629 g/mol. The molecular formula is C31H35F3N6O5. The molecule has 1 aromatic heterocycles. The van der Waals surface area contributed by atoms with Crippen LogP contribution in [0.5, 0.6) is 11.5 Å². The lowest BCUT2D eigenvalue weighted by atomic mass is 10.1. The predicted octanol–water partition coefficient (Wildman–Crippen LogP) is 6.89. The Morgan fingerprint density at radius 1 is 1.04 bits per heavy atom. The number of nitrogens with one attached hydrogen (secondary N) is 3. The third-order valence-corrected chi connectivity index (χ3v) is 6.49. The quantitative estimate of drug-likeness (QED) is 0.217. The van der Waals surface area contributed by atoms with E-state index in [4.69, 9.17) is 14.2 Å². The minimum Gasteiger partial charge on any atom is -0.494 e. The summed E-state index contributed by atoms with van der Waals surface area (Å²) in [6, 6.07) is 11.1. The number of methoxy groups -OCH3 is 1. The summed E-state index contributed by atoms with van der Waals surface area (Å²) in [5.74, 6) is -0.216. The predicted molar refractivity (Wildman–Crippen MR) is 163 cm³/mol. The van der Waals surface area contributed by atoms with Crippen molar-refractivity contribution in [1.82, 2.24) is 14.9 Å². The van der Waals surface area contributed by atoms with Crippen LogP contribution in [0.4, 0.5) is 46.8 Å². The lowest BCUT2D eigenvalue weighted by Gasteiger charge is -2.33. The molecule has 3 aromatic rings. The van der Waals surface area contributed by atoms with E-state index in [2.05, 4.69) is 32.5 Å². The molecule has 2 amide bonds. The van der Waals surface area contributed by atoms with Gasteiger partial charge in [0.2, 0.25) is 11.9 Å². The average Bonchev–Trinajstić information content (AvgIpc) is 2.97. The highest BCUT2D eigenvalue weighted by Gasteiger charge is 2.35. The lowest BCUT2D eigenvalue weighted by Crippen LogP contribution is -2.44. The number of alkyl halides is 3. The van der Waals surface area contributed by atoms with Crippen LogP contribution >= 0.6 is 0 Å². The first-order chi connectivity index (χ1) is 21.2. The van der Waals surface area contributed by atoms with Crippen LogP contribution in [0.25, 0.3) is 0 Å². The summed E-state index contributed by atoms with van der Waals surface area (Å²) in [4.78, 5) is 33.6. The molecule has 1 fully saturated rings. The number of likely N-dealkylation sites (tertiary alicyclic amines) is 1. The zero-order valence-corrected chi connectivity index (χ0v) is 25.3. The Kier molecular flexibility index (Phi) is 10.0. The second kappa shape index (κ2) is 13.7. The van der Waals surface area contributed by atoms with Crippen LogP contribution in [-0.4, -0.2) is 58.8 Å². The van der Waals surface area contributed by atoms with E-state index in [-0.39, 0.29) is 23.8 Å². The number of carbonyl (C=O) groups excluding carboxylic acids is 2. The van der Waals surface area contributed by atoms with E-state index in [0.717, 1.165) is 6.08 Å². The van der Waals surface area contributed by atoms with Gasteiger partial charge in [0.1, 0.15) is 34.6 Å². The molecule has 1 aliphatic rings. The Bertz CT molecular complexity index is 1530. The molecule has 1 aliphatic heterocycles. The van der Waals surface area contributed by atoms with Gasteiger partial charge < -0.3 is 35.1 Å². The second-order valence-electron chi connectivity index (χ2n) is 11.1. The lowest BCUT2D eigenvalue weighted by molar-refractivity contribution is -0.137. The van der Waals surface area contributed by atoms with Gasteiger partial charge in [-0.05, 0) is 57.2 Å². The normalized spacial score (nSPS) is 13.9. The summed E-state index contributed by atoms with van der Waals surface area (Å²) in [5, 5.41) is 8.13. The van der Waals surface area contributed by atoms with Crippen LogP contribution < -0.4 is 25.4 Å². The van der Waals surface area contributed by atoms with Crippen LogP contribution in [0.15, 0.2) is 61.3 Å². The third-order valence-electron chi connectivity index (χ3n) is 6.49. The molecule has 0 saturated carbocycles. The number of halogens is 3. The largest absolute Gasteiger partial charge is 0.494 e. The number of anilines is 5. The molecule has 4 rings (SSSR count). The first-order valence-electron chi connectivity index (χ1n) is 14.1. The van der Waals surface area contributed by atoms with Crippen molar-refractivity contribution in [3.63, 3.8) is 0 Å². The van der Waals surface area contributed by atoms with Crippen molar-refractivity contribution < 1.29 is 37.0 Å². The van der Waals surface area contributed by atoms with E-state index in [1.807, 2.05) is 20.8 Å². The van der Waals surface area contributed by atoms with Crippen molar-refractivity contribution in [3.05, 3.63) is 66.9 Å². The van der Waals surface area contributed by atoms with Crippen molar-refractivity contribution in [2.24, 2.45) is 0 Å². The van der Waals surface area contributed by atoms with Crippen molar-refractivity contribution >= 4 is 40.8 Å². The highest BCUT2D eigenvalue weighted by Crippen LogP contribution is 2.37. The number of aromatic nitrogens is 2. The smallest absolute Gasteiger partial charge is 0.421 e. The van der Waals surface area contributed by atoms with Crippen LogP contribution in [0, 0.1) is 0 Å². The summed E-state index contributed by atoms with van der Waals surface area (Å²) in [5.41, 5.74) is -0.654. The fourth-order valence-corrected chi connectivity index (χ4v) is 4.39. The Hall–Kier alpha value is -5.01. The molecule has 45 heavy (non-hydrogen) atoms. The van der Waals surface area contributed by atoms with E-state index < -0.39 is 29.1 Å². The number of hydrogen-bond donors (Lipinski definition) is 3. The van der Waals surface area contributed by atoms with Gasteiger partial charge in [0.15, 0.2) is 0 Å². The van der Waals surface area contributed by atoms with Gasteiger partial charge in [-0.25, -0.2) is 9.78 Å². The number of piperidine rings is 1. The van der Waals surface area contributed by atoms with E-state index >= 15 is 0 Å². The highest BCUT2D eigenvalue weighted by atomic mass is 19.4. The first kappa shape index (κ1) is 32.9. The molecule has 0 spiro atoms. The SMILES string of the molecule is C=CC(=O)Nc1cccc(Nc2nc(Nc3ccc(OC4CCN(C(=O)OC(C)(C)C)CC4)cc3OC)ncc2C(F)(F)F)c1. The fraction of sp³-hybridized carbons (Fsp3) is 0.355. The fourth-order valence-electron chi connectivity index (χ4n) is 4.39. The van der Waals surface area contributed by atoms with Crippen molar-refractivity contribution in [2.75, 3.05) is 36.1 Å². The van der Waals surface area contributed by atoms with Crippen LogP contribution in [0.2, 0.25) is 0 Å². The standard InChI is InChI=1S/C31H35F3N6O5/c1-6-26(41)36-19-8-7-9-20(16-19)37-27-23(31(32,33)34)18-35-28(39-27)38-24-11-10-22(17-25(24)43-5)44-21-12-14-40(15-13-21)29(42)45-30(2,3)4/h6-11,16-18,21H,1,12-15H2,2-5H3,(H,36,41)(H2,35,37,38,39). The summed E-state index contributed by atoms with van der Waals surface area (Å²) >= 11 is 0. The molecule has 240 valence electrons. The van der Waals surface area contributed by atoms with Gasteiger partial charge >= 0.3 is 12.3 Å². The number of carbonyl (C=O) groups is 2. The third kappa shape index (κ3) is 9.24. The number of amides is 2. The molecule has 14 heteroatoms. The molecule has 0 bridgehead atoms. The van der Waals surface area contributed by atoms with E-state index in [1.54, 1.807) is 35.2 Å². The van der Waals surface area contributed by atoms with Gasteiger partial charge in [0.25, 0.3) is 0 Å². The maximum absolute atomic E-state index is 13.8. The summed E-state index contributed by atoms with van der Waals surface area (Å²) in [7, 11) is 1.45. The topological polar surface area (TPSA) is 127 Å². The Morgan fingerprint density at radius 2 is 1.76 bits per heavy atom. The van der Waals surface area contributed by atoms with Crippen LogP contribution in [0.3, 0.4) is 0 Å². The molecule has 1 saturated heterocycles. The minimum absolute atomic E-state index is 0.122. The van der Waals surface area contributed by atoms with Gasteiger partial charge in [-0.15, -0.1) is 0 Å². The first-order valence-corrected chi connectivity index (χ1v) is 14.1. The van der Waals surface area contributed by atoms with Crippen LogP contribution in [0.1, 0.15) is 39.2 Å². The molecule has 2 aromatic carbocycles. The second-order valence-corrected chi connectivity index (χ2v) is 11.1. The molecule has 0 aliphatic carbocycles. The summed E-state index contributed by atoms with van der Waals surface area (Å²) in [6.45, 7) is 9.83. The van der Waals surface area contributed by atoms with E-state index in [1.165, 1.54) is 19.2 Å².